The number of ketones is 1. The largest absolute Gasteiger partial charge is 0.492 e. The van der Waals surface area contributed by atoms with Crippen LogP contribution in [0.1, 0.15) is 22.8 Å². The summed E-state index contributed by atoms with van der Waals surface area (Å²) in [6.45, 7) is 2.11. The number of halogens is 1. The van der Waals surface area contributed by atoms with Crippen molar-refractivity contribution in [2.24, 2.45) is 0 Å². The van der Waals surface area contributed by atoms with Crippen molar-refractivity contribution < 1.29 is 9.53 Å². The van der Waals surface area contributed by atoms with Crippen LogP contribution in [0.2, 0.25) is 5.02 Å². The molecule has 3 rings (SSSR count). The highest BCUT2D eigenvalue weighted by Gasteiger charge is 2.22. The summed E-state index contributed by atoms with van der Waals surface area (Å²) in [7, 11) is 0. The van der Waals surface area contributed by atoms with E-state index in [1.807, 2.05) is 11.8 Å². The number of hydrogen-bond acceptors (Lipinski definition) is 3. The third-order valence-corrected chi connectivity index (χ3v) is 4.98. The van der Waals surface area contributed by atoms with Gasteiger partial charge < -0.3 is 4.74 Å². The molecular formula is C17H15ClO2S. The molecule has 2 aromatic carbocycles. The quantitative estimate of drug-likeness (QED) is 0.768. The van der Waals surface area contributed by atoms with Crippen molar-refractivity contribution in [3.8, 4) is 5.75 Å². The Morgan fingerprint density at radius 3 is 2.90 bits per heavy atom. The summed E-state index contributed by atoms with van der Waals surface area (Å²) >= 11 is 7.77. The molecule has 21 heavy (non-hydrogen) atoms. The first-order valence-corrected chi connectivity index (χ1v) is 8.07. The lowest BCUT2D eigenvalue weighted by Crippen LogP contribution is -2.14. The van der Waals surface area contributed by atoms with Gasteiger partial charge in [0.25, 0.3) is 0 Å². The molecule has 1 unspecified atom stereocenters. The molecule has 2 nitrogen and oxygen atoms in total. The summed E-state index contributed by atoms with van der Waals surface area (Å²) < 4.78 is 5.87. The second-order valence-electron chi connectivity index (χ2n) is 5.06. The Labute approximate surface area is 133 Å². The molecule has 0 aliphatic carbocycles. The number of benzene rings is 2. The molecule has 4 heteroatoms. The van der Waals surface area contributed by atoms with Crippen molar-refractivity contribution in [2.75, 3.05) is 6.61 Å². The number of hydrogen-bond donors (Lipinski definition) is 0. The maximum atomic E-state index is 11.6. The first kappa shape index (κ1) is 14.5. The fourth-order valence-electron chi connectivity index (χ4n) is 2.43. The summed E-state index contributed by atoms with van der Waals surface area (Å²) in [5.74, 6) is 0.582. The standard InChI is InChI=1S/C17H15ClO2S/c1-11(19)15-9-13(18)6-7-16(15)20-10-14-8-12-4-2-3-5-17(12)21-14/h2-7,9,14H,8,10H2,1H3. The average Bonchev–Trinajstić information content (AvgIpc) is 2.88. The minimum atomic E-state index is -0.0325. The van der Waals surface area contributed by atoms with Crippen molar-refractivity contribution in [1.82, 2.24) is 0 Å². The molecule has 0 fully saturated rings. The highest BCUT2D eigenvalue weighted by Crippen LogP contribution is 2.37. The van der Waals surface area contributed by atoms with Crippen molar-refractivity contribution in [3.05, 3.63) is 58.6 Å². The average molecular weight is 319 g/mol. The van der Waals surface area contributed by atoms with E-state index in [0.29, 0.717) is 28.2 Å². The molecule has 0 amide bonds. The number of carbonyl (C=O) groups is 1. The van der Waals surface area contributed by atoms with E-state index >= 15 is 0 Å². The molecule has 1 atom stereocenters. The Kier molecular flexibility index (Phi) is 4.22. The molecule has 0 saturated carbocycles. The van der Waals surface area contributed by atoms with Crippen molar-refractivity contribution in [1.29, 1.82) is 0 Å². The lowest BCUT2D eigenvalue weighted by atomic mass is 10.1. The van der Waals surface area contributed by atoms with Crippen LogP contribution in [0.4, 0.5) is 0 Å². The zero-order valence-corrected chi connectivity index (χ0v) is 13.2. The van der Waals surface area contributed by atoms with Gasteiger partial charge >= 0.3 is 0 Å². The highest BCUT2D eigenvalue weighted by molar-refractivity contribution is 8.00. The number of Topliss-reactive ketones (excluding diaryl/α,β-unsaturated/α-hetero) is 1. The van der Waals surface area contributed by atoms with Crippen LogP contribution >= 0.6 is 23.4 Å². The van der Waals surface area contributed by atoms with E-state index in [-0.39, 0.29) is 5.78 Å². The maximum absolute atomic E-state index is 11.6. The van der Waals surface area contributed by atoms with Gasteiger partial charge in [0.15, 0.2) is 5.78 Å². The normalized spacial score (nSPS) is 16.6. The predicted molar refractivity (Wildman–Crippen MR) is 86.7 cm³/mol. The van der Waals surface area contributed by atoms with E-state index in [1.54, 1.807) is 18.2 Å². The van der Waals surface area contributed by atoms with Crippen LogP contribution in [-0.4, -0.2) is 17.6 Å². The van der Waals surface area contributed by atoms with E-state index in [2.05, 4.69) is 24.3 Å². The number of rotatable bonds is 4. The van der Waals surface area contributed by atoms with Crippen molar-refractivity contribution >= 4 is 29.1 Å². The second-order valence-corrected chi connectivity index (χ2v) is 6.84. The molecular weight excluding hydrogens is 304 g/mol. The van der Waals surface area contributed by atoms with Gasteiger partial charge in [-0.2, -0.15) is 0 Å². The zero-order chi connectivity index (χ0) is 14.8. The maximum Gasteiger partial charge on any atom is 0.163 e. The number of carbonyl (C=O) groups excluding carboxylic acids is 1. The van der Waals surface area contributed by atoms with Gasteiger partial charge in [-0.05, 0) is 43.2 Å². The first-order valence-electron chi connectivity index (χ1n) is 6.81. The lowest BCUT2D eigenvalue weighted by Gasteiger charge is -2.13. The van der Waals surface area contributed by atoms with E-state index in [0.717, 1.165) is 6.42 Å². The van der Waals surface area contributed by atoms with Crippen molar-refractivity contribution in [3.63, 3.8) is 0 Å². The van der Waals surface area contributed by atoms with Gasteiger partial charge in [0.1, 0.15) is 12.4 Å². The third-order valence-electron chi connectivity index (χ3n) is 3.46. The molecule has 0 saturated heterocycles. The Hall–Kier alpha value is -1.45. The molecule has 0 radical (unpaired) electrons. The number of fused-ring (bicyclic) bond motifs is 1. The predicted octanol–water partition coefficient (Wildman–Crippen LogP) is 4.64. The van der Waals surface area contributed by atoms with Gasteiger partial charge in [0, 0.05) is 15.2 Å². The minimum Gasteiger partial charge on any atom is -0.492 e. The highest BCUT2D eigenvalue weighted by atomic mass is 35.5. The summed E-state index contributed by atoms with van der Waals surface area (Å²) in [5.41, 5.74) is 1.92. The number of ether oxygens (including phenoxy) is 1. The Morgan fingerprint density at radius 2 is 2.14 bits per heavy atom. The van der Waals surface area contributed by atoms with Gasteiger partial charge in [0.2, 0.25) is 0 Å². The smallest absolute Gasteiger partial charge is 0.163 e. The van der Waals surface area contributed by atoms with E-state index in [9.17, 15) is 4.79 Å². The van der Waals surface area contributed by atoms with E-state index < -0.39 is 0 Å². The van der Waals surface area contributed by atoms with Crippen LogP contribution in [0.3, 0.4) is 0 Å². The molecule has 1 aliphatic rings. The van der Waals surface area contributed by atoms with Crippen LogP contribution in [0.5, 0.6) is 5.75 Å². The van der Waals surface area contributed by atoms with Gasteiger partial charge in [-0.25, -0.2) is 0 Å². The topological polar surface area (TPSA) is 26.3 Å². The minimum absolute atomic E-state index is 0.0325. The van der Waals surface area contributed by atoms with Crippen molar-refractivity contribution in [2.45, 2.75) is 23.5 Å². The van der Waals surface area contributed by atoms with Gasteiger partial charge in [-0.3, -0.25) is 4.79 Å². The molecule has 0 N–H and O–H groups in total. The summed E-state index contributed by atoms with van der Waals surface area (Å²) in [6.07, 6.45) is 1.00. The second kappa shape index (κ2) is 6.12. The van der Waals surface area contributed by atoms with Crippen LogP contribution in [0, 0.1) is 0 Å². The molecule has 1 heterocycles. The summed E-state index contributed by atoms with van der Waals surface area (Å²) in [6, 6.07) is 13.6. The number of thioether (sulfide) groups is 1. The monoisotopic (exact) mass is 318 g/mol. The van der Waals surface area contributed by atoms with Crippen LogP contribution in [0.25, 0.3) is 0 Å². The van der Waals surface area contributed by atoms with Gasteiger partial charge in [0.05, 0.1) is 5.56 Å². The summed E-state index contributed by atoms with van der Waals surface area (Å²) in [5, 5.41) is 0.938. The molecule has 1 aliphatic heterocycles. The SMILES string of the molecule is CC(=O)c1cc(Cl)ccc1OCC1Cc2ccccc2S1. The Morgan fingerprint density at radius 1 is 1.33 bits per heavy atom. The van der Waals surface area contributed by atoms with Gasteiger partial charge in [-0.15, -0.1) is 11.8 Å². The Balaban J connectivity index is 1.68. The molecule has 0 spiro atoms. The molecule has 0 bridgehead atoms. The van der Waals surface area contributed by atoms with Crippen LogP contribution in [-0.2, 0) is 6.42 Å². The molecule has 2 aromatic rings. The zero-order valence-electron chi connectivity index (χ0n) is 11.6. The van der Waals surface area contributed by atoms with Crippen LogP contribution in [0.15, 0.2) is 47.4 Å². The van der Waals surface area contributed by atoms with Gasteiger partial charge in [-0.1, -0.05) is 29.8 Å². The van der Waals surface area contributed by atoms with Crippen LogP contribution < -0.4 is 4.74 Å². The molecule has 108 valence electrons. The van der Waals surface area contributed by atoms with E-state index in [4.69, 9.17) is 16.3 Å². The molecule has 0 aromatic heterocycles. The summed E-state index contributed by atoms with van der Waals surface area (Å²) in [4.78, 5) is 13.0. The fourth-order valence-corrected chi connectivity index (χ4v) is 3.82. The van der Waals surface area contributed by atoms with E-state index in [1.165, 1.54) is 17.4 Å². The Bertz CT molecular complexity index is 659. The first-order chi connectivity index (χ1) is 10.1. The third kappa shape index (κ3) is 3.25. The lowest BCUT2D eigenvalue weighted by molar-refractivity contribution is 0.101. The fraction of sp³-hybridized carbons (Fsp3) is 0.235.